The number of imide groups is 1. The van der Waals surface area contributed by atoms with Crippen molar-refractivity contribution < 1.29 is 33.4 Å². The molecule has 2 amide bonds. The van der Waals surface area contributed by atoms with Gasteiger partial charge in [0.05, 0.1) is 38.7 Å². The van der Waals surface area contributed by atoms with Crippen LogP contribution in [-0.4, -0.2) is 36.1 Å². The summed E-state index contributed by atoms with van der Waals surface area (Å²) in [6.45, 7) is -0.502. The molecule has 0 aromatic heterocycles. The number of fused-ring (bicyclic) bond motifs is 5. The second-order valence-corrected chi connectivity index (χ2v) is 11.3. The van der Waals surface area contributed by atoms with Gasteiger partial charge in [-0.15, -0.1) is 0 Å². The third kappa shape index (κ3) is 5.02. The fraction of sp³-hybridized carbons (Fsp3) is 0.258. The summed E-state index contributed by atoms with van der Waals surface area (Å²) in [7, 11) is 0. The molecule has 4 atom stereocenters. The summed E-state index contributed by atoms with van der Waals surface area (Å²) < 4.78 is 10.5. The number of Topliss-reactive ketones (excluding diaryl/α,β-unsaturated/α-hetero) is 1. The van der Waals surface area contributed by atoms with Gasteiger partial charge in [0.2, 0.25) is 11.8 Å². The Morgan fingerprint density at radius 3 is 1.93 bits per heavy atom. The highest BCUT2D eigenvalue weighted by Crippen LogP contribution is 2.56. The molecule has 3 aliphatic rings. The molecule has 3 aromatic rings. The summed E-state index contributed by atoms with van der Waals surface area (Å²) in [5, 5.41) is 0.533. The molecular weight excluding hydrogens is 569 g/mol. The number of amides is 2. The van der Waals surface area contributed by atoms with Gasteiger partial charge >= 0.3 is 11.9 Å². The molecule has 2 saturated carbocycles. The van der Waals surface area contributed by atoms with Gasteiger partial charge < -0.3 is 9.47 Å². The number of carbonyl (C=O) groups is 5. The van der Waals surface area contributed by atoms with Crippen molar-refractivity contribution in [2.45, 2.75) is 19.3 Å². The number of hydrogen-bond donors (Lipinski definition) is 0. The van der Waals surface area contributed by atoms with Crippen LogP contribution >= 0.6 is 23.2 Å². The fourth-order valence-corrected chi connectivity index (χ4v) is 6.50. The zero-order chi connectivity index (χ0) is 28.8. The van der Waals surface area contributed by atoms with E-state index >= 15 is 0 Å². The molecule has 3 aromatic carbocycles. The zero-order valence-corrected chi connectivity index (χ0v) is 23.1. The summed E-state index contributed by atoms with van der Waals surface area (Å²) >= 11 is 11.8. The summed E-state index contributed by atoms with van der Waals surface area (Å²) in [4.78, 5) is 64.7. The number of ether oxygens (including phenoxy) is 2. The fourth-order valence-electron chi connectivity index (χ4n) is 6.21. The molecule has 3 fully saturated rings. The molecule has 10 heteroatoms. The van der Waals surface area contributed by atoms with Crippen LogP contribution < -0.4 is 9.64 Å². The second kappa shape index (κ2) is 10.8. The Kier molecular flexibility index (Phi) is 7.13. The van der Waals surface area contributed by atoms with Crippen LogP contribution in [0.5, 0.6) is 5.75 Å². The summed E-state index contributed by atoms with van der Waals surface area (Å²) in [6.07, 6.45) is 2.96. The molecule has 6 rings (SSSR count). The van der Waals surface area contributed by atoms with Crippen molar-refractivity contribution in [1.29, 1.82) is 0 Å². The smallest absolute Gasteiger partial charge is 0.343 e. The number of anilines is 1. The van der Waals surface area contributed by atoms with Crippen molar-refractivity contribution in [3.05, 3.63) is 93.5 Å². The summed E-state index contributed by atoms with van der Waals surface area (Å²) in [5.41, 5.74) is 1.09. The molecule has 41 heavy (non-hydrogen) atoms. The molecular formula is C31H23Cl2NO7. The number of esters is 2. The van der Waals surface area contributed by atoms with Gasteiger partial charge in [-0.1, -0.05) is 23.2 Å². The number of halogens is 2. The largest absolute Gasteiger partial charge is 0.454 e. The van der Waals surface area contributed by atoms with Gasteiger partial charge in [-0.25, -0.2) is 9.59 Å². The Hall–Kier alpha value is -4.01. The van der Waals surface area contributed by atoms with Crippen LogP contribution in [0.1, 0.15) is 50.3 Å². The maximum Gasteiger partial charge on any atom is 0.343 e. The average Bonchev–Trinajstić information content (AvgIpc) is 3.67. The number of hydrogen-bond acceptors (Lipinski definition) is 7. The summed E-state index contributed by atoms with van der Waals surface area (Å²) in [5.74, 6) is -1.76. The van der Waals surface area contributed by atoms with E-state index in [1.807, 2.05) is 0 Å². The maximum atomic E-state index is 13.0. The van der Waals surface area contributed by atoms with Crippen LogP contribution in [0.2, 0.25) is 10.0 Å². The van der Waals surface area contributed by atoms with E-state index in [0.29, 0.717) is 22.5 Å². The molecule has 2 bridgehead atoms. The molecule has 1 saturated heterocycles. The SMILES string of the molecule is O=C(COC(=O)c1ccc(N2C(=O)C3C4CCC(C4)C3C2=O)cc1)c1ccc(OC(=O)c2ccc(Cl)c(Cl)c2)cc1. The minimum atomic E-state index is -0.717. The Balaban J connectivity index is 1.03. The first-order chi connectivity index (χ1) is 19.7. The van der Waals surface area contributed by atoms with E-state index in [9.17, 15) is 24.0 Å². The molecule has 4 unspecified atom stereocenters. The van der Waals surface area contributed by atoms with Gasteiger partial charge in [0.1, 0.15) is 5.75 Å². The van der Waals surface area contributed by atoms with E-state index in [2.05, 4.69) is 0 Å². The Morgan fingerprint density at radius 1 is 0.732 bits per heavy atom. The number of nitrogens with zero attached hydrogens (tertiary/aromatic N) is 1. The van der Waals surface area contributed by atoms with Gasteiger partial charge in [-0.3, -0.25) is 19.3 Å². The van der Waals surface area contributed by atoms with E-state index in [1.54, 1.807) is 12.1 Å². The highest BCUT2D eigenvalue weighted by atomic mass is 35.5. The van der Waals surface area contributed by atoms with Crippen molar-refractivity contribution in [3.8, 4) is 5.75 Å². The van der Waals surface area contributed by atoms with Crippen molar-refractivity contribution >= 4 is 58.4 Å². The van der Waals surface area contributed by atoms with Crippen molar-refractivity contribution in [2.24, 2.45) is 23.7 Å². The predicted molar refractivity (Wildman–Crippen MR) is 149 cm³/mol. The first kappa shape index (κ1) is 27.2. The van der Waals surface area contributed by atoms with Crippen LogP contribution in [0.4, 0.5) is 5.69 Å². The molecule has 0 N–H and O–H groups in total. The van der Waals surface area contributed by atoms with E-state index < -0.39 is 24.3 Å². The topological polar surface area (TPSA) is 107 Å². The first-order valence-corrected chi connectivity index (χ1v) is 13.9. The van der Waals surface area contributed by atoms with Gasteiger partial charge in [0.15, 0.2) is 12.4 Å². The summed E-state index contributed by atoms with van der Waals surface area (Å²) in [6, 6.07) is 16.2. The lowest BCUT2D eigenvalue weighted by Gasteiger charge is -2.19. The minimum Gasteiger partial charge on any atom is -0.454 e. The highest BCUT2D eigenvalue weighted by Gasteiger charge is 2.61. The maximum absolute atomic E-state index is 13.0. The monoisotopic (exact) mass is 591 g/mol. The third-order valence-corrected chi connectivity index (χ3v) is 8.90. The quantitative estimate of drug-likeness (QED) is 0.148. The van der Waals surface area contributed by atoms with E-state index in [4.69, 9.17) is 32.7 Å². The van der Waals surface area contributed by atoms with Crippen LogP contribution in [0.3, 0.4) is 0 Å². The Morgan fingerprint density at radius 2 is 1.32 bits per heavy atom. The number of rotatable bonds is 7. The standard InChI is InChI=1S/C31H23Cl2NO7/c32-23-12-7-20(14-24(23)33)31(39)41-22-10-5-16(6-11-22)25(35)15-40-30(38)17-3-8-21(9-4-17)34-28(36)26-18-1-2-19(13-18)27(26)29(34)37/h3-12,14,18-19,26-27H,1-2,13,15H2. The molecule has 2 aliphatic carbocycles. The number of carbonyl (C=O) groups excluding carboxylic acids is 5. The van der Waals surface area contributed by atoms with Crippen molar-refractivity contribution in [1.82, 2.24) is 0 Å². The van der Waals surface area contributed by atoms with Gasteiger partial charge in [-0.2, -0.15) is 0 Å². The first-order valence-electron chi connectivity index (χ1n) is 13.2. The molecule has 0 spiro atoms. The molecule has 8 nitrogen and oxygen atoms in total. The van der Waals surface area contributed by atoms with Gasteiger partial charge in [0.25, 0.3) is 0 Å². The Bertz CT molecular complexity index is 1560. The van der Waals surface area contributed by atoms with E-state index in [-0.39, 0.29) is 51.1 Å². The van der Waals surface area contributed by atoms with E-state index in [0.717, 1.165) is 19.3 Å². The third-order valence-electron chi connectivity index (χ3n) is 8.17. The molecule has 0 radical (unpaired) electrons. The lowest BCUT2D eigenvalue weighted by Crippen LogP contribution is -2.32. The van der Waals surface area contributed by atoms with Crippen LogP contribution in [0.25, 0.3) is 0 Å². The van der Waals surface area contributed by atoms with Crippen molar-refractivity contribution in [2.75, 3.05) is 11.5 Å². The predicted octanol–water partition coefficient (Wildman–Crippen LogP) is 5.79. The molecule has 1 heterocycles. The lowest BCUT2D eigenvalue weighted by molar-refractivity contribution is -0.123. The molecule has 1 aliphatic heterocycles. The van der Waals surface area contributed by atoms with Gasteiger partial charge in [-0.05, 0) is 97.8 Å². The zero-order valence-electron chi connectivity index (χ0n) is 21.5. The normalized spacial score (nSPS) is 22.5. The van der Waals surface area contributed by atoms with E-state index in [1.165, 1.54) is 59.5 Å². The number of ketones is 1. The highest BCUT2D eigenvalue weighted by molar-refractivity contribution is 6.42. The van der Waals surface area contributed by atoms with Gasteiger partial charge in [0, 0.05) is 5.56 Å². The minimum absolute atomic E-state index is 0.150. The Labute approximate surface area is 245 Å². The van der Waals surface area contributed by atoms with Crippen LogP contribution in [0.15, 0.2) is 66.7 Å². The second-order valence-electron chi connectivity index (χ2n) is 10.5. The van der Waals surface area contributed by atoms with Crippen molar-refractivity contribution in [3.63, 3.8) is 0 Å². The van der Waals surface area contributed by atoms with Crippen LogP contribution in [0, 0.1) is 23.7 Å². The number of benzene rings is 3. The lowest BCUT2D eigenvalue weighted by atomic mass is 9.81. The molecule has 208 valence electrons. The van der Waals surface area contributed by atoms with Crippen LogP contribution in [-0.2, 0) is 14.3 Å². The average molecular weight is 592 g/mol.